The summed E-state index contributed by atoms with van der Waals surface area (Å²) in [6.07, 6.45) is 0. The zero-order valence-electron chi connectivity index (χ0n) is 10.1. The van der Waals surface area contributed by atoms with Crippen molar-refractivity contribution in [3.8, 4) is 0 Å². The summed E-state index contributed by atoms with van der Waals surface area (Å²) in [7, 11) is 1.99. The van der Waals surface area contributed by atoms with Gasteiger partial charge in [-0.05, 0) is 24.6 Å². The molecule has 0 radical (unpaired) electrons. The van der Waals surface area contributed by atoms with Crippen LogP contribution in [-0.2, 0) is 19.3 Å². The van der Waals surface area contributed by atoms with E-state index in [1.807, 2.05) is 18.5 Å². The van der Waals surface area contributed by atoms with Gasteiger partial charge in [0.1, 0.15) is 11.6 Å². The molecule has 0 aliphatic carbocycles. The molecule has 0 aliphatic rings. The van der Waals surface area contributed by atoms with Crippen molar-refractivity contribution in [2.24, 2.45) is 12.8 Å². The maximum absolute atomic E-state index is 5.56. The van der Waals surface area contributed by atoms with E-state index in [0.717, 1.165) is 23.0 Å². The van der Waals surface area contributed by atoms with E-state index in [1.54, 1.807) is 11.8 Å². The lowest BCUT2D eigenvalue weighted by Gasteiger charge is -2.03. The quantitative estimate of drug-likeness (QED) is 0.839. The van der Waals surface area contributed by atoms with Crippen LogP contribution in [0.2, 0.25) is 0 Å². The smallest absolute Gasteiger partial charge is 0.143 e. The Hall–Kier alpha value is -1.33. The lowest BCUT2D eigenvalue weighted by atomic mass is 10.2. The summed E-state index contributed by atoms with van der Waals surface area (Å²) < 4.78 is 2.02. The Bertz CT molecular complexity index is 490. The normalized spacial score (nSPS) is 10.8. The highest BCUT2D eigenvalue weighted by atomic mass is 32.2. The standard InChI is InChI=1S/C12H16N4S/c1-9-14-15-12(16(9)2)8-17-11-5-3-10(7-13)4-6-11/h3-6H,7-8,13H2,1-2H3. The molecule has 2 aromatic rings. The third-order valence-electron chi connectivity index (χ3n) is 2.71. The first-order chi connectivity index (χ1) is 8.20. The molecule has 0 unspecified atom stereocenters. The molecule has 2 rings (SSSR count). The topological polar surface area (TPSA) is 56.7 Å². The number of aromatic nitrogens is 3. The third kappa shape index (κ3) is 2.87. The van der Waals surface area contributed by atoms with E-state index >= 15 is 0 Å². The number of benzene rings is 1. The molecule has 0 fully saturated rings. The highest BCUT2D eigenvalue weighted by Crippen LogP contribution is 2.22. The Kier molecular flexibility index (Phi) is 3.81. The van der Waals surface area contributed by atoms with E-state index in [1.165, 1.54) is 4.90 Å². The van der Waals surface area contributed by atoms with E-state index in [2.05, 4.69) is 34.5 Å². The van der Waals surface area contributed by atoms with E-state index in [0.29, 0.717) is 6.54 Å². The van der Waals surface area contributed by atoms with Crippen LogP contribution in [0.3, 0.4) is 0 Å². The fraction of sp³-hybridized carbons (Fsp3) is 0.333. The molecule has 5 heteroatoms. The number of thioether (sulfide) groups is 1. The fourth-order valence-corrected chi connectivity index (χ4v) is 2.32. The molecule has 0 bridgehead atoms. The van der Waals surface area contributed by atoms with Crippen molar-refractivity contribution < 1.29 is 0 Å². The van der Waals surface area contributed by atoms with Gasteiger partial charge in [-0.3, -0.25) is 0 Å². The number of aryl methyl sites for hydroxylation is 1. The average molecular weight is 248 g/mol. The monoisotopic (exact) mass is 248 g/mol. The van der Waals surface area contributed by atoms with Gasteiger partial charge < -0.3 is 10.3 Å². The van der Waals surface area contributed by atoms with Gasteiger partial charge in [-0.15, -0.1) is 22.0 Å². The summed E-state index contributed by atoms with van der Waals surface area (Å²) in [4.78, 5) is 1.22. The summed E-state index contributed by atoms with van der Waals surface area (Å²) in [5, 5.41) is 8.18. The number of nitrogens with two attached hydrogens (primary N) is 1. The SMILES string of the molecule is Cc1nnc(CSc2ccc(CN)cc2)n1C. The van der Waals surface area contributed by atoms with Crippen LogP contribution in [0.4, 0.5) is 0 Å². The largest absolute Gasteiger partial charge is 0.326 e. The molecule has 0 amide bonds. The molecule has 17 heavy (non-hydrogen) atoms. The van der Waals surface area contributed by atoms with Crippen LogP contribution >= 0.6 is 11.8 Å². The molecule has 0 saturated carbocycles. The van der Waals surface area contributed by atoms with Crippen LogP contribution in [0, 0.1) is 6.92 Å². The van der Waals surface area contributed by atoms with Gasteiger partial charge in [0.25, 0.3) is 0 Å². The molecule has 4 nitrogen and oxygen atoms in total. The van der Waals surface area contributed by atoms with Gasteiger partial charge in [-0.25, -0.2) is 0 Å². The summed E-state index contributed by atoms with van der Waals surface area (Å²) in [6.45, 7) is 2.55. The Balaban J connectivity index is 2.00. The summed E-state index contributed by atoms with van der Waals surface area (Å²) in [6, 6.07) is 8.31. The highest BCUT2D eigenvalue weighted by molar-refractivity contribution is 7.98. The molecule has 0 aliphatic heterocycles. The summed E-state index contributed by atoms with van der Waals surface area (Å²) >= 11 is 1.76. The van der Waals surface area contributed by atoms with Crippen LogP contribution in [-0.4, -0.2) is 14.8 Å². The molecule has 2 N–H and O–H groups in total. The number of rotatable bonds is 4. The number of hydrogen-bond donors (Lipinski definition) is 1. The van der Waals surface area contributed by atoms with Crippen LogP contribution in [0.1, 0.15) is 17.2 Å². The van der Waals surface area contributed by atoms with Gasteiger partial charge in [0.2, 0.25) is 0 Å². The molecular formula is C12H16N4S. The molecule has 0 spiro atoms. The first kappa shape index (κ1) is 12.1. The fourth-order valence-electron chi connectivity index (χ4n) is 1.45. The lowest BCUT2D eigenvalue weighted by Crippen LogP contribution is -1.98. The van der Waals surface area contributed by atoms with Gasteiger partial charge in [-0.1, -0.05) is 12.1 Å². The molecule has 1 heterocycles. The number of hydrogen-bond acceptors (Lipinski definition) is 4. The predicted molar refractivity (Wildman–Crippen MR) is 69.6 cm³/mol. The summed E-state index contributed by atoms with van der Waals surface area (Å²) in [5.41, 5.74) is 6.72. The second-order valence-electron chi connectivity index (χ2n) is 3.86. The maximum atomic E-state index is 5.56. The van der Waals surface area contributed by atoms with E-state index in [9.17, 15) is 0 Å². The van der Waals surface area contributed by atoms with E-state index in [4.69, 9.17) is 5.73 Å². The highest BCUT2D eigenvalue weighted by Gasteiger charge is 2.05. The Morgan fingerprint density at radius 3 is 2.47 bits per heavy atom. The van der Waals surface area contributed by atoms with Crippen molar-refractivity contribution in [1.82, 2.24) is 14.8 Å². The van der Waals surface area contributed by atoms with Crippen molar-refractivity contribution >= 4 is 11.8 Å². The first-order valence-corrected chi connectivity index (χ1v) is 6.46. The van der Waals surface area contributed by atoms with Crippen LogP contribution in [0.15, 0.2) is 29.2 Å². The second-order valence-corrected chi connectivity index (χ2v) is 4.91. The summed E-state index contributed by atoms with van der Waals surface area (Å²) in [5.74, 6) is 2.77. The zero-order chi connectivity index (χ0) is 12.3. The van der Waals surface area contributed by atoms with Gasteiger partial charge in [-0.2, -0.15) is 0 Å². The van der Waals surface area contributed by atoms with Crippen LogP contribution in [0.25, 0.3) is 0 Å². The zero-order valence-corrected chi connectivity index (χ0v) is 10.9. The van der Waals surface area contributed by atoms with Gasteiger partial charge in [0, 0.05) is 18.5 Å². The van der Waals surface area contributed by atoms with Gasteiger partial charge in [0.15, 0.2) is 0 Å². The Morgan fingerprint density at radius 1 is 1.24 bits per heavy atom. The van der Waals surface area contributed by atoms with Gasteiger partial charge in [0.05, 0.1) is 5.75 Å². The van der Waals surface area contributed by atoms with Crippen molar-refractivity contribution in [1.29, 1.82) is 0 Å². The van der Waals surface area contributed by atoms with Crippen molar-refractivity contribution in [3.05, 3.63) is 41.5 Å². The second kappa shape index (κ2) is 5.33. The maximum Gasteiger partial charge on any atom is 0.143 e. The molecular weight excluding hydrogens is 232 g/mol. The van der Waals surface area contributed by atoms with Crippen molar-refractivity contribution in [3.63, 3.8) is 0 Å². The predicted octanol–water partition coefficient (Wildman–Crippen LogP) is 1.87. The third-order valence-corrected chi connectivity index (χ3v) is 3.72. The molecule has 1 aromatic carbocycles. The molecule has 90 valence electrons. The minimum atomic E-state index is 0.591. The average Bonchev–Trinajstić information content (AvgIpc) is 2.68. The van der Waals surface area contributed by atoms with Gasteiger partial charge >= 0.3 is 0 Å². The van der Waals surface area contributed by atoms with E-state index < -0.39 is 0 Å². The Morgan fingerprint density at radius 2 is 1.94 bits per heavy atom. The lowest BCUT2D eigenvalue weighted by molar-refractivity contribution is 0.817. The first-order valence-electron chi connectivity index (χ1n) is 5.47. The molecule has 1 aromatic heterocycles. The van der Waals surface area contributed by atoms with Crippen LogP contribution < -0.4 is 5.73 Å². The molecule has 0 atom stereocenters. The van der Waals surface area contributed by atoms with Crippen molar-refractivity contribution in [2.45, 2.75) is 24.1 Å². The van der Waals surface area contributed by atoms with Crippen LogP contribution in [0.5, 0.6) is 0 Å². The minimum Gasteiger partial charge on any atom is -0.326 e. The Labute approximate surface area is 105 Å². The van der Waals surface area contributed by atoms with E-state index in [-0.39, 0.29) is 0 Å². The molecule has 0 saturated heterocycles. The number of nitrogens with zero attached hydrogens (tertiary/aromatic N) is 3. The minimum absolute atomic E-state index is 0.591. The van der Waals surface area contributed by atoms with Crippen molar-refractivity contribution in [2.75, 3.05) is 0 Å².